The number of fused-ring (bicyclic) bond motifs is 1. The number of benzene rings is 1. The number of rotatable bonds is 6. The normalized spacial score (nSPS) is 14.8. The Kier molecular flexibility index (Phi) is 5.27. The molecule has 1 saturated heterocycles. The molecule has 1 fully saturated rings. The van der Waals surface area contributed by atoms with Crippen molar-refractivity contribution in [2.75, 3.05) is 26.2 Å². The molecule has 0 aliphatic carbocycles. The van der Waals surface area contributed by atoms with Crippen molar-refractivity contribution in [3.63, 3.8) is 0 Å². The van der Waals surface area contributed by atoms with Crippen LogP contribution in [0.2, 0.25) is 0 Å². The predicted octanol–water partition coefficient (Wildman–Crippen LogP) is 4.18. The fourth-order valence-corrected chi connectivity index (χ4v) is 4.21. The second-order valence-corrected chi connectivity index (χ2v) is 7.66. The van der Waals surface area contributed by atoms with Gasteiger partial charge in [-0.3, -0.25) is 4.79 Å². The van der Waals surface area contributed by atoms with E-state index in [1.807, 2.05) is 47.8 Å². The number of carbonyl (C=O) groups excluding carboxylic acids is 1. The van der Waals surface area contributed by atoms with Crippen molar-refractivity contribution in [3.05, 3.63) is 53.4 Å². The van der Waals surface area contributed by atoms with Crippen LogP contribution < -0.4 is 5.32 Å². The van der Waals surface area contributed by atoms with Crippen LogP contribution in [0.4, 0.5) is 0 Å². The zero-order valence-electron chi connectivity index (χ0n) is 14.8. The van der Waals surface area contributed by atoms with E-state index in [1.54, 1.807) is 11.3 Å². The Labute approximate surface area is 157 Å². The second kappa shape index (κ2) is 7.98. The van der Waals surface area contributed by atoms with Gasteiger partial charge in [-0.1, -0.05) is 24.3 Å². The van der Waals surface area contributed by atoms with Crippen molar-refractivity contribution in [1.29, 1.82) is 0 Å². The minimum atomic E-state index is -0.0113. The third-order valence-corrected chi connectivity index (χ3v) is 5.76. The van der Waals surface area contributed by atoms with E-state index >= 15 is 0 Å². The molecule has 134 valence electrons. The SMILES string of the molecule is O=C(NCCCN1CCCC1)c1cc(-c2cccs2)nc2ccccc12. The average molecular weight is 366 g/mol. The zero-order valence-corrected chi connectivity index (χ0v) is 15.6. The number of amides is 1. The van der Waals surface area contributed by atoms with Crippen molar-refractivity contribution < 1.29 is 4.79 Å². The number of nitrogens with one attached hydrogen (secondary N) is 1. The van der Waals surface area contributed by atoms with Crippen molar-refractivity contribution in [2.45, 2.75) is 19.3 Å². The van der Waals surface area contributed by atoms with Gasteiger partial charge in [0.2, 0.25) is 0 Å². The number of hydrogen-bond donors (Lipinski definition) is 1. The van der Waals surface area contributed by atoms with Crippen LogP contribution in [0.15, 0.2) is 47.8 Å². The Balaban J connectivity index is 1.51. The highest BCUT2D eigenvalue weighted by atomic mass is 32.1. The number of likely N-dealkylation sites (tertiary alicyclic amines) is 1. The number of aromatic nitrogens is 1. The third-order valence-electron chi connectivity index (χ3n) is 4.87. The lowest BCUT2D eigenvalue weighted by atomic mass is 10.1. The number of hydrogen-bond acceptors (Lipinski definition) is 4. The van der Waals surface area contributed by atoms with Gasteiger partial charge in [-0.05, 0) is 62.5 Å². The molecule has 0 saturated carbocycles. The standard InChI is InChI=1S/C21H23N3OS/c25-21(22-10-6-13-24-11-3-4-12-24)17-15-19(20-9-5-14-26-20)23-18-8-2-1-7-16(17)18/h1-2,5,7-9,14-15H,3-4,6,10-13H2,(H,22,25). The first-order valence-corrected chi connectivity index (χ1v) is 10.1. The highest BCUT2D eigenvalue weighted by Crippen LogP contribution is 2.27. The predicted molar refractivity (Wildman–Crippen MR) is 108 cm³/mol. The average Bonchev–Trinajstić information content (AvgIpc) is 3.38. The van der Waals surface area contributed by atoms with Crippen LogP contribution in [0, 0.1) is 0 Å². The summed E-state index contributed by atoms with van der Waals surface area (Å²) >= 11 is 1.64. The smallest absolute Gasteiger partial charge is 0.252 e. The molecule has 26 heavy (non-hydrogen) atoms. The minimum Gasteiger partial charge on any atom is -0.352 e. The highest BCUT2D eigenvalue weighted by Gasteiger charge is 2.15. The van der Waals surface area contributed by atoms with Gasteiger partial charge in [0.05, 0.1) is 21.7 Å². The van der Waals surface area contributed by atoms with Gasteiger partial charge >= 0.3 is 0 Å². The Hall–Kier alpha value is -2.24. The summed E-state index contributed by atoms with van der Waals surface area (Å²) in [6.45, 7) is 4.18. The van der Waals surface area contributed by atoms with Crippen LogP contribution in [-0.2, 0) is 0 Å². The van der Waals surface area contributed by atoms with Gasteiger partial charge < -0.3 is 10.2 Å². The Morgan fingerprint density at radius 1 is 1.15 bits per heavy atom. The van der Waals surface area contributed by atoms with E-state index in [0.29, 0.717) is 12.1 Å². The van der Waals surface area contributed by atoms with E-state index in [1.165, 1.54) is 25.9 Å². The van der Waals surface area contributed by atoms with Crippen molar-refractivity contribution in [2.24, 2.45) is 0 Å². The van der Waals surface area contributed by atoms with Crippen molar-refractivity contribution >= 4 is 28.1 Å². The summed E-state index contributed by atoms with van der Waals surface area (Å²) < 4.78 is 0. The number of pyridine rings is 1. The molecule has 3 aromatic rings. The molecule has 3 heterocycles. The molecule has 0 bridgehead atoms. The maximum Gasteiger partial charge on any atom is 0.252 e. The number of carbonyl (C=O) groups is 1. The van der Waals surface area contributed by atoms with E-state index in [0.717, 1.165) is 34.4 Å². The summed E-state index contributed by atoms with van der Waals surface area (Å²) in [6, 6.07) is 13.8. The van der Waals surface area contributed by atoms with Crippen LogP contribution in [-0.4, -0.2) is 42.0 Å². The molecular weight excluding hydrogens is 342 g/mol. The topological polar surface area (TPSA) is 45.2 Å². The zero-order chi connectivity index (χ0) is 17.8. The molecule has 1 aliphatic rings. The summed E-state index contributed by atoms with van der Waals surface area (Å²) in [4.78, 5) is 21.1. The number of para-hydroxylation sites is 1. The molecule has 5 heteroatoms. The van der Waals surface area contributed by atoms with Crippen molar-refractivity contribution in [1.82, 2.24) is 15.2 Å². The summed E-state index contributed by atoms with van der Waals surface area (Å²) in [5.74, 6) is -0.0113. The first-order chi connectivity index (χ1) is 12.8. The van der Waals surface area contributed by atoms with Crippen LogP contribution in [0.5, 0.6) is 0 Å². The molecule has 1 aliphatic heterocycles. The lowest BCUT2D eigenvalue weighted by Crippen LogP contribution is -2.28. The monoisotopic (exact) mass is 365 g/mol. The maximum atomic E-state index is 12.8. The van der Waals surface area contributed by atoms with E-state index < -0.39 is 0 Å². The van der Waals surface area contributed by atoms with E-state index in [2.05, 4.69) is 10.2 Å². The molecule has 1 N–H and O–H groups in total. The minimum absolute atomic E-state index is 0.0113. The van der Waals surface area contributed by atoms with E-state index in [4.69, 9.17) is 4.98 Å². The molecule has 2 aromatic heterocycles. The van der Waals surface area contributed by atoms with Crippen LogP contribution in [0.1, 0.15) is 29.6 Å². The van der Waals surface area contributed by atoms with Gasteiger partial charge in [-0.2, -0.15) is 0 Å². The van der Waals surface area contributed by atoms with Crippen molar-refractivity contribution in [3.8, 4) is 10.6 Å². The molecule has 1 amide bonds. The first kappa shape index (κ1) is 17.2. The maximum absolute atomic E-state index is 12.8. The molecule has 0 radical (unpaired) electrons. The molecule has 4 rings (SSSR count). The van der Waals surface area contributed by atoms with Crippen LogP contribution >= 0.6 is 11.3 Å². The Bertz CT molecular complexity index is 885. The Morgan fingerprint density at radius 2 is 2.00 bits per heavy atom. The quantitative estimate of drug-likeness (QED) is 0.667. The number of nitrogens with zero attached hydrogens (tertiary/aromatic N) is 2. The Morgan fingerprint density at radius 3 is 2.81 bits per heavy atom. The summed E-state index contributed by atoms with van der Waals surface area (Å²) in [6.07, 6.45) is 3.61. The van der Waals surface area contributed by atoms with E-state index in [-0.39, 0.29) is 5.91 Å². The summed E-state index contributed by atoms with van der Waals surface area (Å²) in [7, 11) is 0. The molecule has 0 atom stereocenters. The van der Waals surface area contributed by atoms with Gasteiger partial charge in [0.15, 0.2) is 0 Å². The second-order valence-electron chi connectivity index (χ2n) is 6.71. The van der Waals surface area contributed by atoms with E-state index in [9.17, 15) is 4.79 Å². The summed E-state index contributed by atoms with van der Waals surface area (Å²) in [5.41, 5.74) is 2.43. The third kappa shape index (κ3) is 3.79. The first-order valence-electron chi connectivity index (χ1n) is 9.25. The van der Waals surface area contributed by atoms with Crippen LogP contribution in [0.25, 0.3) is 21.5 Å². The fourth-order valence-electron chi connectivity index (χ4n) is 3.52. The highest BCUT2D eigenvalue weighted by molar-refractivity contribution is 7.13. The largest absolute Gasteiger partial charge is 0.352 e. The van der Waals surface area contributed by atoms with Crippen LogP contribution in [0.3, 0.4) is 0 Å². The molecule has 0 unspecified atom stereocenters. The van der Waals surface area contributed by atoms with Gasteiger partial charge in [0.1, 0.15) is 0 Å². The van der Waals surface area contributed by atoms with Gasteiger partial charge in [-0.25, -0.2) is 4.98 Å². The van der Waals surface area contributed by atoms with Gasteiger partial charge in [-0.15, -0.1) is 11.3 Å². The summed E-state index contributed by atoms with van der Waals surface area (Å²) in [5, 5.41) is 6.04. The van der Waals surface area contributed by atoms with Gasteiger partial charge in [0, 0.05) is 11.9 Å². The number of thiophene rings is 1. The fraction of sp³-hybridized carbons (Fsp3) is 0.333. The molecule has 0 spiro atoms. The lowest BCUT2D eigenvalue weighted by molar-refractivity contribution is 0.0953. The lowest BCUT2D eigenvalue weighted by Gasteiger charge is -2.14. The molecule has 4 nitrogen and oxygen atoms in total. The van der Waals surface area contributed by atoms with Gasteiger partial charge in [0.25, 0.3) is 5.91 Å². The molecule has 1 aromatic carbocycles. The molecular formula is C21H23N3OS.